The maximum absolute atomic E-state index is 13.3. The average molecular weight is 558 g/mol. The van der Waals surface area contributed by atoms with Crippen LogP contribution in [0.2, 0.25) is 0 Å². The number of thiazole rings is 1. The molecule has 2 atom stereocenters. The van der Waals surface area contributed by atoms with E-state index in [9.17, 15) is 14.7 Å². The molecule has 0 aliphatic heterocycles. The molecule has 0 aliphatic carbocycles. The zero-order valence-electron chi connectivity index (χ0n) is 23.0. The molecular formula is C31H35N5O3S. The fourth-order valence-corrected chi connectivity index (χ4v) is 5.18. The molecule has 4 rings (SSSR count). The van der Waals surface area contributed by atoms with E-state index in [1.54, 1.807) is 36.2 Å². The molecule has 3 N–H and O–H groups in total. The third-order valence-electron chi connectivity index (χ3n) is 6.44. The molecule has 208 valence electrons. The van der Waals surface area contributed by atoms with E-state index in [0.29, 0.717) is 30.6 Å². The molecule has 0 spiro atoms. The highest BCUT2D eigenvalue weighted by molar-refractivity contribution is 7.09. The predicted molar refractivity (Wildman–Crippen MR) is 157 cm³/mol. The number of carbonyl (C=O) groups is 2. The number of rotatable bonds is 12. The van der Waals surface area contributed by atoms with Crippen molar-refractivity contribution < 1.29 is 14.7 Å². The Morgan fingerprint density at radius 3 is 2.42 bits per heavy atom. The molecule has 0 bridgehead atoms. The fourth-order valence-electron chi connectivity index (χ4n) is 4.36. The molecule has 2 aromatic heterocycles. The molecule has 8 nitrogen and oxygen atoms in total. The number of benzene rings is 2. The maximum Gasteiger partial charge on any atom is 0.253 e. The van der Waals surface area contributed by atoms with Gasteiger partial charge < -0.3 is 20.6 Å². The number of aromatic nitrogens is 2. The summed E-state index contributed by atoms with van der Waals surface area (Å²) in [6.45, 7) is 5.02. The van der Waals surface area contributed by atoms with Crippen molar-refractivity contribution >= 4 is 23.2 Å². The normalized spacial score (nSPS) is 12.5. The molecule has 0 unspecified atom stereocenters. The summed E-state index contributed by atoms with van der Waals surface area (Å²) < 4.78 is 0. The van der Waals surface area contributed by atoms with Crippen molar-refractivity contribution in [1.29, 1.82) is 0 Å². The van der Waals surface area contributed by atoms with Crippen molar-refractivity contribution in [3.8, 4) is 0 Å². The number of pyridine rings is 1. The number of nitrogens with one attached hydrogen (secondary N) is 2. The van der Waals surface area contributed by atoms with Gasteiger partial charge in [0.25, 0.3) is 11.8 Å². The summed E-state index contributed by atoms with van der Waals surface area (Å²) in [6.07, 6.45) is -0.404. The minimum Gasteiger partial charge on any atom is -0.390 e. The van der Waals surface area contributed by atoms with E-state index in [1.807, 2.05) is 67.8 Å². The molecule has 2 aromatic carbocycles. The molecular weight excluding hydrogens is 522 g/mol. The molecule has 0 saturated carbocycles. The van der Waals surface area contributed by atoms with E-state index in [2.05, 4.69) is 20.6 Å². The summed E-state index contributed by atoms with van der Waals surface area (Å²) in [5.41, 5.74) is 4.50. The van der Waals surface area contributed by atoms with Crippen molar-refractivity contribution in [3.05, 3.63) is 117 Å². The van der Waals surface area contributed by atoms with Gasteiger partial charge in [0.2, 0.25) is 0 Å². The summed E-state index contributed by atoms with van der Waals surface area (Å²) in [5.74, 6) is -0.550. The van der Waals surface area contributed by atoms with E-state index in [-0.39, 0.29) is 18.4 Å². The first kappa shape index (κ1) is 29.1. The number of hydrogen-bond acceptors (Lipinski definition) is 7. The summed E-state index contributed by atoms with van der Waals surface area (Å²) >= 11 is 1.51. The molecule has 0 fully saturated rings. The van der Waals surface area contributed by atoms with E-state index in [0.717, 1.165) is 27.7 Å². The second-order valence-corrected chi connectivity index (χ2v) is 10.8. The van der Waals surface area contributed by atoms with Crippen molar-refractivity contribution in [2.24, 2.45) is 0 Å². The first-order valence-corrected chi connectivity index (χ1v) is 14.1. The number of hydrogen-bond donors (Lipinski definition) is 3. The van der Waals surface area contributed by atoms with Gasteiger partial charge in [-0.1, -0.05) is 42.5 Å². The average Bonchev–Trinajstić information content (AvgIpc) is 3.37. The van der Waals surface area contributed by atoms with Crippen molar-refractivity contribution in [2.75, 3.05) is 13.6 Å². The second-order valence-electron chi connectivity index (χ2n) is 9.86. The lowest BCUT2D eigenvalue weighted by Gasteiger charge is -2.25. The SMILES string of the molecule is Cc1cccc(CNC[C@@H](O)[C@H](Cc2ccccc2)NC(=O)c2cccc(C(=O)N(C)Cc3nc(C)cs3)c2)n1. The van der Waals surface area contributed by atoms with Crippen LogP contribution >= 0.6 is 11.3 Å². The second kappa shape index (κ2) is 13.9. The van der Waals surface area contributed by atoms with Crippen LogP contribution in [-0.4, -0.2) is 57.5 Å². The number of aliphatic hydroxyl groups excluding tert-OH is 1. The highest BCUT2D eigenvalue weighted by Crippen LogP contribution is 2.15. The van der Waals surface area contributed by atoms with Crippen LogP contribution in [0.5, 0.6) is 0 Å². The largest absolute Gasteiger partial charge is 0.390 e. The lowest BCUT2D eigenvalue weighted by Crippen LogP contribution is -2.48. The summed E-state index contributed by atoms with van der Waals surface area (Å²) in [6, 6.07) is 21.6. The van der Waals surface area contributed by atoms with Gasteiger partial charge in [0.05, 0.1) is 24.4 Å². The van der Waals surface area contributed by atoms with Gasteiger partial charge in [0, 0.05) is 48.0 Å². The molecule has 40 heavy (non-hydrogen) atoms. The number of nitrogens with zero attached hydrogens (tertiary/aromatic N) is 3. The van der Waals surface area contributed by atoms with Crippen LogP contribution in [0.1, 0.15) is 48.4 Å². The van der Waals surface area contributed by atoms with Crippen LogP contribution in [0.4, 0.5) is 0 Å². The number of aliphatic hydroxyl groups is 1. The molecule has 2 amide bonds. The van der Waals surface area contributed by atoms with Gasteiger partial charge in [-0.25, -0.2) is 4.98 Å². The van der Waals surface area contributed by atoms with E-state index < -0.39 is 12.1 Å². The standard InChI is InChI=1S/C31H35N5O3S/c1-21-9-7-14-26(33-21)17-32-18-28(37)27(15-23-10-5-4-6-11-23)35-30(38)24-12-8-13-25(16-24)31(39)36(3)19-29-34-22(2)20-40-29/h4-14,16,20,27-28,32,37H,15,17-19H2,1-3H3,(H,35,38)/t27-,28+/m0/s1. The summed E-state index contributed by atoms with van der Waals surface area (Å²) in [5, 5.41) is 20.1. The van der Waals surface area contributed by atoms with Crippen LogP contribution in [0.25, 0.3) is 0 Å². The highest BCUT2D eigenvalue weighted by Gasteiger charge is 2.23. The maximum atomic E-state index is 13.3. The molecule has 0 saturated heterocycles. The molecule has 0 aliphatic rings. The van der Waals surface area contributed by atoms with Gasteiger partial charge in [-0.15, -0.1) is 11.3 Å². The van der Waals surface area contributed by atoms with Crippen LogP contribution < -0.4 is 10.6 Å². The first-order valence-electron chi connectivity index (χ1n) is 13.2. The topological polar surface area (TPSA) is 107 Å². The number of carbonyl (C=O) groups excluding carboxylic acids is 2. The van der Waals surface area contributed by atoms with Gasteiger partial charge in [-0.3, -0.25) is 14.6 Å². The van der Waals surface area contributed by atoms with Gasteiger partial charge >= 0.3 is 0 Å². The van der Waals surface area contributed by atoms with Gasteiger partial charge in [-0.2, -0.15) is 0 Å². The van der Waals surface area contributed by atoms with E-state index in [1.165, 1.54) is 11.3 Å². The number of aryl methyl sites for hydroxylation is 2. The zero-order chi connectivity index (χ0) is 28.5. The van der Waals surface area contributed by atoms with E-state index in [4.69, 9.17) is 0 Å². The number of amides is 2. The summed E-state index contributed by atoms with van der Waals surface area (Å²) in [7, 11) is 1.72. The quantitative estimate of drug-likeness (QED) is 0.244. The first-order chi connectivity index (χ1) is 19.3. The van der Waals surface area contributed by atoms with Crippen LogP contribution in [-0.2, 0) is 19.5 Å². The summed E-state index contributed by atoms with van der Waals surface area (Å²) in [4.78, 5) is 36.9. The Morgan fingerprint density at radius 1 is 0.950 bits per heavy atom. The Morgan fingerprint density at radius 2 is 1.70 bits per heavy atom. The van der Waals surface area contributed by atoms with Crippen LogP contribution in [0, 0.1) is 13.8 Å². The van der Waals surface area contributed by atoms with Gasteiger partial charge in [0.1, 0.15) is 5.01 Å². The smallest absolute Gasteiger partial charge is 0.253 e. The van der Waals surface area contributed by atoms with Crippen molar-refractivity contribution in [2.45, 2.75) is 45.5 Å². The Labute approximate surface area is 239 Å². The monoisotopic (exact) mass is 557 g/mol. The Hall–Kier alpha value is -3.92. The van der Waals surface area contributed by atoms with Gasteiger partial charge in [-0.05, 0) is 56.2 Å². The minimum atomic E-state index is -0.855. The fraction of sp³-hybridized carbons (Fsp3) is 0.290. The Bertz CT molecular complexity index is 1430. The third kappa shape index (κ3) is 8.29. The van der Waals surface area contributed by atoms with Crippen LogP contribution in [0.3, 0.4) is 0 Å². The van der Waals surface area contributed by atoms with E-state index >= 15 is 0 Å². The minimum absolute atomic E-state index is 0.197. The lowest BCUT2D eigenvalue weighted by molar-refractivity contribution is 0.0784. The molecule has 9 heteroatoms. The zero-order valence-corrected chi connectivity index (χ0v) is 23.8. The molecule has 2 heterocycles. The Balaban J connectivity index is 1.42. The predicted octanol–water partition coefficient (Wildman–Crippen LogP) is 3.92. The van der Waals surface area contributed by atoms with Gasteiger partial charge in [0.15, 0.2) is 0 Å². The third-order valence-corrected chi connectivity index (χ3v) is 7.39. The van der Waals surface area contributed by atoms with Crippen molar-refractivity contribution in [3.63, 3.8) is 0 Å². The van der Waals surface area contributed by atoms with Crippen LogP contribution in [0.15, 0.2) is 78.2 Å². The Kier molecular flexibility index (Phi) is 10.1. The van der Waals surface area contributed by atoms with Crippen molar-refractivity contribution in [1.82, 2.24) is 25.5 Å². The molecule has 0 radical (unpaired) electrons. The highest BCUT2D eigenvalue weighted by atomic mass is 32.1. The molecule has 4 aromatic rings. The lowest BCUT2D eigenvalue weighted by atomic mass is 10.00.